The highest BCUT2D eigenvalue weighted by molar-refractivity contribution is 5.20. The Labute approximate surface area is 116 Å². The van der Waals surface area contributed by atoms with Crippen LogP contribution in [0.25, 0.3) is 0 Å². The lowest BCUT2D eigenvalue weighted by Crippen LogP contribution is -2.59. The molecule has 1 aliphatic heterocycles. The lowest BCUT2D eigenvalue weighted by molar-refractivity contribution is 0.0310. The largest absolute Gasteiger partial charge is 0.380 e. The molecule has 3 nitrogen and oxygen atoms in total. The van der Waals surface area contributed by atoms with Crippen molar-refractivity contribution in [1.29, 1.82) is 0 Å². The highest BCUT2D eigenvalue weighted by atomic mass is 16.5. The first-order chi connectivity index (χ1) is 9.13. The molecule has 0 saturated carbocycles. The third kappa shape index (κ3) is 3.78. The summed E-state index contributed by atoms with van der Waals surface area (Å²) in [6, 6.07) is 11.1. The molecular weight excluding hydrogens is 236 g/mol. The van der Waals surface area contributed by atoms with Crippen molar-refractivity contribution in [2.75, 3.05) is 32.8 Å². The summed E-state index contributed by atoms with van der Waals surface area (Å²) in [7, 11) is 0. The van der Waals surface area contributed by atoms with Gasteiger partial charge < -0.3 is 10.1 Å². The molecule has 19 heavy (non-hydrogen) atoms. The van der Waals surface area contributed by atoms with E-state index in [2.05, 4.69) is 61.3 Å². The van der Waals surface area contributed by atoms with Gasteiger partial charge in [-0.05, 0) is 26.3 Å². The van der Waals surface area contributed by atoms with Gasteiger partial charge in [-0.15, -0.1) is 0 Å². The average Bonchev–Trinajstić information content (AvgIpc) is 2.42. The van der Waals surface area contributed by atoms with Gasteiger partial charge in [0.05, 0.1) is 6.61 Å². The summed E-state index contributed by atoms with van der Waals surface area (Å²) in [6.07, 6.45) is 0. The van der Waals surface area contributed by atoms with Gasteiger partial charge in [-0.3, -0.25) is 4.90 Å². The topological polar surface area (TPSA) is 24.5 Å². The molecule has 106 valence electrons. The smallest absolute Gasteiger partial charge is 0.0593 e. The Morgan fingerprint density at radius 1 is 1.32 bits per heavy atom. The maximum absolute atomic E-state index is 5.51. The van der Waals surface area contributed by atoms with Crippen LogP contribution in [-0.2, 0) is 4.74 Å². The van der Waals surface area contributed by atoms with E-state index in [0.29, 0.717) is 6.04 Å². The molecule has 3 heteroatoms. The Morgan fingerprint density at radius 2 is 2.05 bits per heavy atom. The maximum atomic E-state index is 5.51. The van der Waals surface area contributed by atoms with Crippen LogP contribution in [0.15, 0.2) is 30.3 Å². The summed E-state index contributed by atoms with van der Waals surface area (Å²) < 4.78 is 5.51. The van der Waals surface area contributed by atoms with Crippen molar-refractivity contribution in [2.45, 2.75) is 32.4 Å². The number of benzene rings is 1. The molecule has 1 atom stereocenters. The quantitative estimate of drug-likeness (QED) is 0.825. The van der Waals surface area contributed by atoms with E-state index < -0.39 is 0 Å². The molecule has 2 rings (SSSR count). The van der Waals surface area contributed by atoms with Crippen LogP contribution in [0, 0.1) is 0 Å². The molecule has 1 aromatic carbocycles. The molecule has 1 aromatic rings. The molecule has 1 saturated heterocycles. The number of hydrogen-bond acceptors (Lipinski definition) is 3. The van der Waals surface area contributed by atoms with Crippen molar-refractivity contribution in [3.63, 3.8) is 0 Å². The third-order valence-electron chi connectivity index (χ3n) is 3.95. The molecule has 0 aliphatic carbocycles. The second-order valence-corrected chi connectivity index (χ2v) is 5.80. The Bertz CT molecular complexity index is 378. The van der Waals surface area contributed by atoms with Crippen molar-refractivity contribution >= 4 is 0 Å². The maximum Gasteiger partial charge on any atom is 0.0593 e. The summed E-state index contributed by atoms with van der Waals surface area (Å²) in [5.41, 5.74) is 1.57. The molecule has 0 spiro atoms. The number of hydrogen-bond donors (Lipinski definition) is 1. The van der Waals surface area contributed by atoms with Crippen LogP contribution in [0.1, 0.15) is 32.4 Å². The van der Waals surface area contributed by atoms with Crippen LogP contribution in [0.5, 0.6) is 0 Å². The van der Waals surface area contributed by atoms with Gasteiger partial charge in [-0.2, -0.15) is 0 Å². The van der Waals surface area contributed by atoms with Crippen molar-refractivity contribution in [3.05, 3.63) is 35.9 Å². The van der Waals surface area contributed by atoms with E-state index in [0.717, 1.165) is 32.8 Å². The second kappa shape index (κ2) is 6.51. The van der Waals surface area contributed by atoms with Crippen LogP contribution in [0.2, 0.25) is 0 Å². The van der Waals surface area contributed by atoms with E-state index in [4.69, 9.17) is 4.74 Å². The Kier molecular flexibility index (Phi) is 4.97. The fraction of sp³-hybridized carbons (Fsp3) is 0.625. The molecule has 1 heterocycles. The molecule has 0 bridgehead atoms. The summed E-state index contributed by atoms with van der Waals surface area (Å²) >= 11 is 0. The van der Waals surface area contributed by atoms with Crippen molar-refractivity contribution in [2.24, 2.45) is 0 Å². The van der Waals surface area contributed by atoms with Crippen LogP contribution in [-0.4, -0.2) is 43.3 Å². The highest BCUT2D eigenvalue weighted by Crippen LogP contribution is 2.25. The fourth-order valence-electron chi connectivity index (χ4n) is 2.64. The Balaban J connectivity index is 1.99. The zero-order valence-electron chi connectivity index (χ0n) is 12.4. The summed E-state index contributed by atoms with van der Waals surface area (Å²) in [6.45, 7) is 11.3. The zero-order chi connectivity index (χ0) is 13.7. The normalized spacial score (nSPS) is 23.4. The predicted octanol–water partition coefficient (Wildman–Crippen LogP) is 2.45. The summed E-state index contributed by atoms with van der Waals surface area (Å²) in [5.74, 6) is 0. The number of nitrogens with one attached hydrogen (secondary N) is 1. The third-order valence-corrected chi connectivity index (χ3v) is 3.95. The minimum Gasteiger partial charge on any atom is -0.380 e. The number of piperazine rings is 1. The summed E-state index contributed by atoms with van der Waals surface area (Å²) in [4.78, 5) is 2.54. The monoisotopic (exact) mass is 262 g/mol. The molecule has 0 amide bonds. The van der Waals surface area contributed by atoms with Crippen LogP contribution >= 0.6 is 0 Å². The number of ether oxygens (including phenoxy) is 1. The molecule has 0 radical (unpaired) electrons. The first kappa shape index (κ1) is 14.5. The van der Waals surface area contributed by atoms with Crippen molar-refractivity contribution in [3.8, 4) is 0 Å². The molecule has 1 N–H and O–H groups in total. The van der Waals surface area contributed by atoms with E-state index in [1.165, 1.54) is 5.56 Å². The number of nitrogens with zero attached hydrogens (tertiary/aromatic N) is 1. The molecular formula is C16H26N2O. The van der Waals surface area contributed by atoms with Gasteiger partial charge in [-0.25, -0.2) is 0 Å². The van der Waals surface area contributed by atoms with Gasteiger partial charge >= 0.3 is 0 Å². The van der Waals surface area contributed by atoms with Gasteiger partial charge in [0, 0.05) is 37.8 Å². The van der Waals surface area contributed by atoms with Gasteiger partial charge in [0.25, 0.3) is 0 Å². The lowest BCUT2D eigenvalue weighted by Gasteiger charge is -2.46. The number of rotatable bonds is 5. The lowest BCUT2D eigenvalue weighted by atomic mass is 9.94. The average molecular weight is 262 g/mol. The highest BCUT2D eigenvalue weighted by Gasteiger charge is 2.33. The minimum absolute atomic E-state index is 0.197. The second-order valence-electron chi connectivity index (χ2n) is 5.80. The van der Waals surface area contributed by atoms with Crippen molar-refractivity contribution in [1.82, 2.24) is 10.2 Å². The SMILES string of the molecule is CCOCCN1CC(c2ccccc2)NCC1(C)C. The van der Waals surface area contributed by atoms with E-state index in [1.54, 1.807) is 0 Å². The van der Waals surface area contributed by atoms with Gasteiger partial charge in [0.15, 0.2) is 0 Å². The van der Waals surface area contributed by atoms with Crippen LogP contribution in [0.3, 0.4) is 0 Å². The van der Waals surface area contributed by atoms with Crippen LogP contribution in [0.4, 0.5) is 0 Å². The minimum atomic E-state index is 0.197. The van der Waals surface area contributed by atoms with Crippen molar-refractivity contribution < 1.29 is 4.74 Å². The zero-order valence-corrected chi connectivity index (χ0v) is 12.4. The van der Waals surface area contributed by atoms with E-state index in [-0.39, 0.29) is 5.54 Å². The predicted molar refractivity (Wildman–Crippen MR) is 79.3 cm³/mol. The first-order valence-corrected chi connectivity index (χ1v) is 7.24. The van der Waals surface area contributed by atoms with Gasteiger partial charge in [0.1, 0.15) is 0 Å². The molecule has 1 aliphatic rings. The van der Waals surface area contributed by atoms with Gasteiger partial charge in [0.2, 0.25) is 0 Å². The molecule has 0 aromatic heterocycles. The summed E-state index contributed by atoms with van der Waals surface area (Å²) in [5, 5.41) is 3.66. The van der Waals surface area contributed by atoms with Gasteiger partial charge in [-0.1, -0.05) is 30.3 Å². The Hall–Kier alpha value is -0.900. The standard InChI is InChI=1S/C16H26N2O/c1-4-19-11-10-18-12-15(17-13-16(18,2)3)14-8-6-5-7-9-14/h5-9,15,17H,4,10-13H2,1-3H3. The Morgan fingerprint density at radius 3 is 2.74 bits per heavy atom. The van der Waals surface area contributed by atoms with E-state index >= 15 is 0 Å². The van der Waals surface area contributed by atoms with Crippen LogP contribution < -0.4 is 5.32 Å². The molecule has 1 unspecified atom stereocenters. The van der Waals surface area contributed by atoms with E-state index in [1.807, 2.05) is 0 Å². The van der Waals surface area contributed by atoms with E-state index in [9.17, 15) is 0 Å². The molecule has 1 fully saturated rings. The first-order valence-electron chi connectivity index (χ1n) is 7.24. The fourth-order valence-corrected chi connectivity index (χ4v) is 2.64.